The van der Waals surface area contributed by atoms with Gasteiger partial charge in [0.2, 0.25) is 0 Å². The fourth-order valence-electron chi connectivity index (χ4n) is 6.52. The van der Waals surface area contributed by atoms with Crippen molar-refractivity contribution in [2.75, 3.05) is 0 Å². The summed E-state index contributed by atoms with van der Waals surface area (Å²) in [5.74, 6) is 1.27. The largest absolute Gasteiger partial charge is 0.208 e. The van der Waals surface area contributed by atoms with Gasteiger partial charge in [0.05, 0.1) is 13.7 Å². The van der Waals surface area contributed by atoms with E-state index in [2.05, 4.69) is 18.2 Å². The number of benzene rings is 7. The smallest absolute Gasteiger partial charge is 0.164 e. The van der Waals surface area contributed by atoms with E-state index in [0.29, 0.717) is 38.5 Å². The summed E-state index contributed by atoms with van der Waals surface area (Å²) in [5, 5.41) is 3.35. The van der Waals surface area contributed by atoms with E-state index in [1.807, 2.05) is 72.8 Å². The number of hydrogen-bond acceptors (Lipinski definition) is 5. The third-order valence-electron chi connectivity index (χ3n) is 8.71. The van der Waals surface area contributed by atoms with Gasteiger partial charge in [-0.15, -0.1) is 22.7 Å². The zero-order valence-electron chi connectivity index (χ0n) is 36.0. The topological polar surface area (TPSA) is 38.7 Å². The van der Waals surface area contributed by atoms with Crippen LogP contribution in [0.1, 0.15) is 13.7 Å². The van der Waals surface area contributed by atoms with Crippen molar-refractivity contribution in [1.29, 1.82) is 0 Å². The molecule has 10 aromatic rings. The predicted octanol–water partition coefficient (Wildman–Crippen LogP) is 12.9. The van der Waals surface area contributed by atoms with Gasteiger partial charge >= 0.3 is 0 Å². The second-order valence-corrected chi connectivity index (χ2v) is 13.8. The Bertz CT molecular complexity index is 3400. The summed E-state index contributed by atoms with van der Waals surface area (Å²) in [6, 6.07) is 28.0. The quantitative estimate of drug-likeness (QED) is 0.181. The summed E-state index contributed by atoms with van der Waals surface area (Å²) in [6.45, 7) is 0. The van der Waals surface area contributed by atoms with E-state index < -0.39 is 60.4 Å². The first-order chi connectivity index (χ1) is 28.9. The molecule has 0 aliphatic heterocycles. The number of fused-ring (bicyclic) bond motifs is 6. The minimum atomic E-state index is -0.546. The average molecular weight is 684 g/mol. The van der Waals surface area contributed by atoms with E-state index in [1.165, 1.54) is 11.3 Å². The Labute approximate surface area is 310 Å². The summed E-state index contributed by atoms with van der Waals surface area (Å²) in [4.78, 5) is 15.3. The molecule has 234 valence electrons. The Balaban J connectivity index is 1.32. The summed E-state index contributed by atoms with van der Waals surface area (Å²) < 4.78 is 89.8. The van der Waals surface area contributed by atoms with Gasteiger partial charge in [-0.3, -0.25) is 0 Å². The molecule has 0 atom stereocenters. The van der Waals surface area contributed by atoms with Crippen LogP contribution in [0.15, 0.2) is 164 Å². The van der Waals surface area contributed by atoms with Crippen molar-refractivity contribution in [3.8, 4) is 56.4 Å². The Morgan fingerprint density at radius 2 is 0.980 bits per heavy atom. The number of thiophene rings is 2. The Morgan fingerprint density at radius 3 is 1.70 bits per heavy atom. The third kappa shape index (κ3) is 4.82. The molecular formula is C45H27N3S2. The van der Waals surface area contributed by atoms with Crippen molar-refractivity contribution in [3.05, 3.63) is 164 Å². The van der Waals surface area contributed by atoms with Gasteiger partial charge in [-0.05, 0) is 47.0 Å². The van der Waals surface area contributed by atoms with Crippen molar-refractivity contribution in [3.63, 3.8) is 0 Å². The van der Waals surface area contributed by atoms with E-state index in [9.17, 15) is 0 Å². The van der Waals surface area contributed by atoms with Crippen LogP contribution in [0, 0.1) is 0 Å². The first kappa shape index (κ1) is 20.5. The molecule has 3 heterocycles. The molecule has 0 fully saturated rings. The highest BCUT2D eigenvalue weighted by atomic mass is 32.1. The fraction of sp³-hybridized carbons (Fsp3) is 0. The van der Waals surface area contributed by atoms with Crippen molar-refractivity contribution in [2.45, 2.75) is 0 Å². The molecule has 0 saturated carbocycles. The van der Waals surface area contributed by atoms with Gasteiger partial charge in [-0.25, -0.2) is 15.0 Å². The third-order valence-corrected chi connectivity index (χ3v) is 11.0. The minimum Gasteiger partial charge on any atom is -0.208 e. The highest BCUT2D eigenvalue weighted by Gasteiger charge is 2.21. The standard InChI is InChI=1S/C45H27N3S2/c1-4-14-28(15-5-1)31-26-35(29-16-6-2-7-17-29)42-36(27-31)41-34(22-13-25-39(41)50-42)45-47-43(30-18-8-3-9-19-30)46-44(48-45)33-21-12-24-38-40(33)32-20-10-11-23-37(32)49-38/h1-27H/i1D,2D,4D,5D,6D,7D,14D,15D,16D,17D. The maximum atomic E-state index is 8.97. The highest BCUT2D eigenvalue weighted by molar-refractivity contribution is 7.26. The van der Waals surface area contributed by atoms with Crippen molar-refractivity contribution >= 4 is 63.0 Å². The number of rotatable bonds is 5. The van der Waals surface area contributed by atoms with Crippen LogP contribution in [-0.4, -0.2) is 15.0 Å². The predicted molar refractivity (Wildman–Crippen MR) is 213 cm³/mol. The van der Waals surface area contributed by atoms with Crippen molar-refractivity contribution in [1.82, 2.24) is 15.0 Å². The Morgan fingerprint density at radius 1 is 0.400 bits per heavy atom. The average Bonchev–Trinajstić information content (AvgIpc) is 3.85. The Kier molecular flexibility index (Phi) is 4.85. The van der Waals surface area contributed by atoms with Gasteiger partial charge in [0.1, 0.15) is 0 Å². The number of hydrogen-bond donors (Lipinski definition) is 0. The second-order valence-electron chi connectivity index (χ2n) is 11.6. The monoisotopic (exact) mass is 683 g/mol. The van der Waals surface area contributed by atoms with Crippen LogP contribution < -0.4 is 0 Å². The molecule has 0 amide bonds. The zero-order valence-corrected chi connectivity index (χ0v) is 27.6. The fourth-order valence-corrected chi connectivity index (χ4v) is 8.88. The minimum absolute atomic E-state index is 0.0711. The Hall–Kier alpha value is -6.01. The van der Waals surface area contributed by atoms with Crippen LogP contribution >= 0.6 is 22.7 Å². The first-order valence-corrected chi connectivity index (χ1v) is 17.4. The molecule has 50 heavy (non-hydrogen) atoms. The van der Waals surface area contributed by atoms with Crippen LogP contribution in [0.5, 0.6) is 0 Å². The van der Waals surface area contributed by atoms with Crippen LogP contribution in [0.4, 0.5) is 0 Å². The van der Waals surface area contributed by atoms with Crippen LogP contribution in [0.3, 0.4) is 0 Å². The molecule has 0 spiro atoms. The summed E-state index contributed by atoms with van der Waals surface area (Å²) >= 11 is 3.04. The first-order valence-electron chi connectivity index (χ1n) is 20.8. The SMILES string of the molecule is [2H]c1c([2H])c([2H])c(-c2cc(-c3c([2H])c([2H])c([2H])c([2H])c3[2H])c3sc4cccc(-c5nc(-c6ccccc6)nc(-c6cccc7sc8ccccc8c67)n5)c4c3c2)c([2H])c1[2H]. The summed E-state index contributed by atoms with van der Waals surface area (Å²) in [5.41, 5.74) is 2.55. The molecule has 0 bridgehead atoms. The number of nitrogens with zero attached hydrogens (tertiary/aromatic N) is 3. The van der Waals surface area contributed by atoms with Gasteiger partial charge in [-0.2, -0.15) is 0 Å². The van der Waals surface area contributed by atoms with E-state index in [4.69, 9.17) is 28.7 Å². The molecule has 0 aliphatic rings. The molecule has 0 unspecified atom stereocenters. The summed E-state index contributed by atoms with van der Waals surface area (Å²) in [7, 11) is 0. The molecule has 0 N–H and O–H groups in total. The van der Waals surface area contributed by atoms with E-state index in [1.54, 1.807) is 23.5 Å². The van der Waals surface area contributed by atoms with Crippen molar-refractivity contribution in [2.24, 2.45) is 0 Å². The van der Waals surface area contributed by atoms with Crippen LogP contribution in [-0.2, 0) is 0 Å². The van der Waals surface area contributed by atoms with Crippen LogP contribution in [0.25, 0.3) is 96.8 Å². The van der Waals surface area contributed by atoms with Gasteiger partial charge in [-0.1, -0.05) is 133 Å². The second kappa shape index (κ2) is 11.8. The van der Waals surface area contributed by atoms with E-state index in [-0.39, 0.29) is 22.3 Å². The van der Waals surface area contributed by atoms with Gasteiger partial charge in [0.15, 0.2) is 17.5 Å². The molecular weight excluding hydrogens is 647 g/mol. The zero-order chi connectivity index (χ0) is 41.7. The lowest BCUT2D eigenvalue weighted by Gasteiger charge is -2.11. The van der Waals surface area contributed by atoms with Gasteiger partial charge in [0, 0.05) is 62.6 Å². The van der Waals surface area contributed by atoms with Crippen LogP contribution in [0.2, 0.25) is 0 Å². The maximum absolute atomic E-state index is 8.97. The lowest BCUT2D eigenvalue weighted by Crippen LogP contribution is -2.00. The molecule has 0 radical (unpaired) electrons. The molecule has 3 nitrogen and oxygen atoms in total. The molecule has 10 rings (SSSR count). The van der Waals surface area contributed by atoms with Crippen molar-refractivity contribution < 1.29 is 13.7 Å². The van der Waals surface area contributed by atoms with E-state index in [0.717, 1.165) is 36.0 Å². The molecule has 0 aliphatic carbocycles. The molecule has 7 aromatic carbocycles. The summed E-state index contributed by atoms with van der Waals surface area (Å²) in [6.07, 6.45) is 0. The van der Waals surface area contributed by atoms with Gasteiger partial charge < -0.3 is 0 Å². The lowest BCUT2D eigenvalue weighted by atomic mass is 9.95. The highest BCUT2D eigenvalue weighted by Crippen LogP contribution is 2.46. The molecule has 0 saturated heterocycles. The normalized spacial score (nSPS) is 14.4. The van der Waals surface area contributed by atoms with Gasteiger partial charge in [0.25, 0.3) is 0 Å². The number of aromatic nitrogens is 3. The maximum Gasteiger partial charge on any atom is 0.164 e. The lowest BCUT2D eigenvalue weighted by molar-refractivity contribution is 1.08. The van der Waals surface area contributed by atoms with E-state index >= 15 is 0 Å². The molecule has 3 aromatic heterocycles. The molecule has 5 heteroatoms.